The van der Waals surface area contributed by atoms with E-state index < -0.39 is 24.3 Å². The van der Waals surface area contributed by atoms with Gasteiger partial charge in [0, 0.05) is 23.7 Å². The highest BCUT2D eigenvalue weighted by atomic mass is 35.5. The van der Waals surface area contributed by atoms with Crippen molar-refractivity contribution >= 4 is 35.4 Å². The van der Waals surface area contributed by atoms with E-state index in [2.05, 4.69) is 10.6 Å². The Bertz CT molecular complexity index is 1250. The number of cyclic esters (lactones) is 1. The Kier molecular flexibility index (Phi) is 8.70. The molecule has 0 bridgehead atoms. The third-order valence-corrected chi connectivity index (χ3v) is 6.27. The van der Waals surface area contributed by atoms with Gasteiger partial charge in [-0.15, -0.1) is 0 Å². The third kappa shape index (κ3) is 6.95. The molecule has 0 saturated carbocycles. The standard InChI is InChI=1S/C28H28ClN3O6/c1-18(16-31-27(34)35)15-25(33)30-17-24-26(19-5-3-2-4-6-19)32(28(36)38-24)21-9-13-23(14-10-21)37-22-11-7-20(29)8-12-22/h2-14,18,24,26,31H,15-17H2,1H3,(H,30,33)(H,34,35)/t18-,24+,26+/m1/s1. The van der Waals surface area contributed by atoms with Crippen LogP contribution in [0.4, 0.5) is 15.3 Å². The fourth-order valence-corrected chi connectivity index (χ4v) is 4.34. The van der Waals surface area contributed by atoms with Crippen LogP contribution in [0.5, 0.6) is 11.5 Å². The van der Waals surface area contributed by atoms with Gasteiger partial charge in [0.25, 0.3) is 0 Å². The number of ether oxygens (including phenoxy) is 2. The SMILES string of the molecule is C[C@@H](CNC(=O)O)CC(=O)NC[C@@H]1OC(=O)N(c2ccc(Oc3ccc(Cl)cc3)cc2)[C@H]1c1ccccc1. The highest BCUT2D eigenvalue weighted by Gasteiger charge is 2.43. The molecule has 0 unspecified atom stereocenters. The average Bonchev–Trinajstić information content (AvgIpc) is 3.24. The van der Waals surface area contributed by atoms with Crippen molar-refractivity contribution in [2.24, 2.45) is 5.92 Å². The second kappa shape index (κ2) is 12.3. The number of hydrogen-bond donors (Lipinski definition) is 3. The first-order chi connectivity index (χ1) is 18.3. The van der Waals surface area contributed by atoms with Crippen LogP contribution in [0.2, 0.25) is 5.02 Å². The van der Waals surface area contributed by atoms with Crippen molar-refractivity contribution in [3.63, 3.8) is 0 Å². The summed E-state index contributed by atoms with van der Waals surface area (Å²) in [6, 6.07) is 23.1. The lowest BCUT2D eigenvalue weighted by Gasteiger charge is -2.25. The van der Waals surface area contributed by atoms with Crippen molar-refractivity contribution in [2.75, 3.05) is 18.0 Å². The average molecular weight is 538 g/mol. The quantitative estimate of drug-likeness (QED) is 0.309. The van der Waals surface area contributed by atoms with Gasteiger partial charge in [0.1, 0.15) is 23.6 Å². The molecule has 9 nitrogen and oxygen atoms in total. The van der Waals surface area contributed by atoms with E-state index >= 15 is 0 Å². The normalized spacial score (nSPS) is 17.4. The molecule has 198 valence electrons. The second-order valence-electron chi connectivity index (χ2n) is 9.00. The molecule has 1 aliphatic rings. The number of halogens is 1. The molecule has 4 rings (SSSR count). The second-order valence-corrected chi connectivity index (χ2v) is 9.43. The van der Waals surface area contributed by atoms with Gasteiger partial charge in [-0.1, -0.05) is 48.9 Å². The number of nitrogens with zero attached hydrogens (tertiary/aromatic N) is 1. The van der Waals surface area contributed by atoms with Gasteiger partial charge >= 0.3 is 12.2 Å². The predicted molar refractivity (Wildman–Crippen MR) is 143 cm³/mol. The smallest absolute Gasteiger partial charge is 0.415 e. The zero-order valence-electron chi connectivity index (χ0n) is 20.7. The minimum Gasteiger partial charge on any atom is -0.465 e. The number of hydrogen-bond acceptors (Lipinski definition) is 5. The molecule has 3 aromatic carbocycles. The van der Waals surface area contributed by atoms with Gasteiger partial charge in [0.2, 0.25) is 5.91 Å². The van der Waals surface area contributed by atoms with Crippen molar-refractivity contribution in [3.8, 4) is 11.5 Å². The minimum atomic E-state index is -1.13. The summed E-state index contributed by atoms with van der Waals surface area (Å²) in [6.45, 7) is 2.05. The summed E-state index contributed by atoms with van der Waals surface area (Å²) in [5.74, 6) is 0.783. The van der Waals surface area contributed by atoms with Gasteiger partial charge in [-0.2, -0.15) is 0 Å². The van der Waals surface area contributed by atoms with Crippen LogP contribution in [0.1, 0.15) is 24.9 Å². The van der Waals surface area contributed by atoms with E-state index in [1.54, 1.807) is 60.4 Å². The van der Waals surface area contributed by atoms with Crippen molar-refractivity contribution in [3.05, 3.63) is 89.4 Å². The van der Waals surface area contributed by atoms with Crippen LogP contribution in [0.15, 0.2) is 78.9 Å². The molecule has 0 aromatic heterocycles. The maximum atomic E-state index is 13.0. The number of carboxylic acid groups (broad SMARTS) is 1. The molecule has 3 aromatic rings. The number of amides is 3. The zero-order chi connectivity index (χ0) is 27.1. The Morgan fingerprint density at radius 2 is 1.63 bits per heavy atom. The van der Waals surface area contributed by atoms with Crippen LogP contribution in [-0.2, 0) is 9.53 Å². The number of benzene rings is 3. The van der Waals surface area contributed by atoms with Gasteiger partial charge in [-0.25, -0.2) is 9.59 Å². The Balaban J connectivity index is 1.46. The largest absolute Gasteiger partial charge is 0.465 e. The minimum absolute atomic E-state index is 0.109. The van der Waals surface area contributed by atoms with Crippen LogP contribution in [-0.4, -0.2) is 42.4 Å². The fraction of sp³-hybridized carbons (Fsp3) is 0.250. The Morgan fingerprint density at radius 1 is 1.00 bits per heavy atom. The Labute approximate surface area is 225 Å². The van der Waals surface area contributed by atoms with Crippen molar-refractivity contribution in [2.45, 2.75) is 25.5 Å². The van der Waals surface area contributed by atoms with E-state index in [4.69, 9.17) is 26.2 Å². The Morgan fingerprint density at radius 3 is 2.26 bits per heavy atom. The molecule has 0 aliphatic carbocycles. The summed E-state index contributed by atoms with van der Waals surface area (Å²) in [5.41, 5.74) is 1.48. The van der Waals surface area contributed by atoms with E-state index in [9.17, 15) is 14.4 Å². The molecule has 0 spiro atoms. The number of carbonyl (C=O) groups excluding carboxylic acids is 2. The van der Waals surface area contributed by atoms with Gasteiger partial charge < -0.3 is 25.2 Å². The van der Waals surface area contributed by atoms with Crippen molar-refractivity contribution in [1.82, 2.24) is 10.6 Å². The first-order valence-corrected chi connectivity index (χ1v) is 12.5. The van der Waals surface area contributed by atoms with Gasteiger partial charge in [0.15, 0.2) is 0 Å². The summed E-state index contributed by atoms with van der Waals surface area (Å²) < 4.78 is 11.6. The molecule has 1 heterocycles. The molecule has 10 heteroatoms. The van der Waals surface area contributed by atoms with Gasteiger partial charge in [-0.3, -0.25) is 9.69 Å². The highest BCUT2D eigenvalue weighted by molar-refractivity contribution is 6.30. The van der Waals surface area contributed by atoms with Crippen LogP contribution in [0.3, 0.4) is 0 Å². The number of anilines is 1. The lowest BCUT2D eigenvalue weighted by molar-refractivity contribution is -0.122. The molecule has 3 atom stereocenters. The third-order valence-electron chi connectivity index (χ3n) is 6.02. The number of rotatable bonds is 10. The lowest BCUT2D eigenvalue weighted by Crippen LogP contribution is -2.38. The topological polar surface area (TPSA) is 117 Å². The first-order valence-electron chi connectivity index (χ1n) is 12.1. The predicted octanol–water partition coefficient (Wildman–Crippen LogP) is 5.61. The van der Waals surface area contributed by atoms with Crippen LogP contribution >= 0.6 is 11.6 Å². The molecule has 3 N–H and O–H groups in total. The molecule has 1 saturated heterocycles. The molecule has 38 heavy (non-hydrogen) atoms. The molecule has 0 radical (unpaired) electrons. The molecular weight excluding hydrogens is 510 g/mol. The van der Waals surface area contributed by atoms with Crippen LogP contribution < -0.4 is 20.3 Å². The van der Waals surface area contributed by atoms with Gasteiger partial charge in [0.05, 0.1) is 6.54 Å². The fourth-order valence-electron chi connectivity index (χ4n) is 4.21. The molecule has 3 amide bonds. The summed E-state index contributed by atoms with van der Waals surface area (Å²) in [5, 5.41) is 14.5. The van der Waals surface area contributed by atoms with Crippen LogP contribution in [0, 0.1) is 5.92 Å². The lowest BCUT2D eigenvalue weighted by atomic mass is 9.99. The summed E-state index contributed by atoms with van der Waals surface area (Å²) in [4.78, 5) is 37.7. The van der Waals surface area contributed by atoms with Crippen molar-refractivity contribution < 1.29 is 29.0 Å². The molecular formula is C28H28ClN3O6. The maximum absolute atomic E-state index is 13.0. The summed E-state index contributed by atoms with van der Waals surface area (Å²) in [7, 11) is 0. The summed E-state index contributed by atoms with van der Waals surface area (Å²) >= 11 is 5.93. The number of nitrogens with one attached hydrogen (secondary N) is 2. The zero-order valence-corrected chi connectivity index (χ0v) is 21.4. The van der Waals surface area contributed by atoms with Crippen LogP contribution in [0.25, 0.3) is 0 Å². The first kappa shape index (κ1) is 26.8. The highest BCUT2D eigenvalue weighted by Crippen LogP contribution is 2.38. The van der Waals surface area contributed by atoms with Gasteiger partial charge in [-0.05, 0) is 60.0 Å². The monoisotopic (exact) mass is 537 g/mol. The van der Waals surface area contributed by atoms with E-state index in [0.29, 0.717) is 22.2 Å². The maximum Gasteiger partial charge on any atom is 0.415 e. The van der Waals surface area contributed by atoms with E-state index in [0.717, 1.165) is 5.56 Å². The Hall–Kier alpha value is -4.24. The number of carbonyl (C=O) groups is 3. The molecule has 1 fully saturated rings. The van der Waals surface area contributed by atoms with E-state index in [-0.39, 0.29) is 31.3 Å². The van der Waals surface area contributed by atoms with E-state index in [1.807, 2.05) is 30.3 Å². The molecule has 1 aliphatic heterocycles. The summed E-state index contributed by atoms with van der Waals surface area (Å²) in [6.07, 6.45) is -2.16. The van der Waals surface area contributed by atoms with E-state index in [1.165, 1.54) is 0 Å². The van der Waals surface area contributed by atoms with Crippen molar-refractivity contribution in [1.29, 1.82) is 0 Å².